The van der Waals surface area contributed by atoms with Crippen molar-refractivity contribution in [3.8, 4) is 0 Å². The summed E-state index contributed by atoms with van der Waals surface area (Å²) in [6.45, 7) is 4.09. The molecule has 2 amide bonds. The number of aromatic nitrogens is 3. The molecule has 0 aliphatic carbocycles. The van der Waals surface area contributed by atoms with E-state index in [9.17, 15) is 13.8 Å². The third-order valence-electron chi connectivity index (χ3n) is 5.54. The lowest BCUT2D eigenvalue weighted by Gasteiger charge is -2.10. The molecule has 0 saturated carbocycles. The normalized spacial score (nSPS) is 12.9. The number of amides is 2. The summed E-state index contributed by atoms with van der Waals surface area (Å²) < 4.78 is 21.4. The minimum absolute atomic E-state index is 0.0140. The number of carbonyl (C=O) groups is 2. The molecule has 4 rings (SSSR count). The molecule has 4 aromatic rings. The van der Waals surface area contributed by atoms with Gasteiger partial charge in [0.25, 0.3) is 11.8 Å². The molecule has 0 fully saturated rings. The summed E-state index contributed by atoms with van der Waals surface area (Å²) in [4.78, 5) is 29.7. The lowest BCUT2D eigenvalue weighted by Crippen LogP contribution is -2.18. The van der Waals surface area contributed by atoms with Crippen LogP contribution in [0.25, 0.3) is 10.9 Å². The van der Waals surface area contributed by atoms with Gasteiger partial charge in [0.2, 0.25) is 0 Å². The molecule has 4 N–H and O–H groups in total. The minimum Gasteiger partial charge on any atom is -0.364 e. The number of hydrogen-bond acceptors (Lipinski definition) is 6. The summed E-state index contributed by atoms with van der Waals surface area (Å²) in [5.74, 6) is -1.11. The van der Waals surface area contributed by atoms with Crippen LogP contribution in [0.5, 0.6) is 0 Å². The molecule has 1 atom stereocenters. The monoisotopic (exact) mass is 476 g/mol. The van der Waals surface area contributed by atoms with Crippen LogP contribution in [0.1, 0.15) is 37.8 Å². The number of carbonyl (C=O) groups excluding carboxylic acids is 2. The third-order valence-corrected chi connectivity index (χ3v) is 6.71. The number of pyridine rings is 1. The highest BCUT2D eigenvalue weighted by molar-refractivity contribution is 7.91. The number of nitrogens with two attached hydrogens (primary N) is 1. The molecule has 2 heterocycles. The number of anilines is 1. The molecule has 0 bridgehead atoms. The zero-order valence-corrected chi connectivity index (χ0v) is 19.8. The summed E-state index contributed by atoms with van der Waals surface area (Å²) >= 11 is 0. The molecular weight excluding hydrogens is 452 g/mol. The first-order valence-electron chi connectivity index (χ1n) is 10.4. The summed E-state index contributed by atoms with van der Waals surface area (Å²) in [5.41, 5.74) is 9.10. The zero-order valence-electron chi connectivity index (χ0n) is 19.0. The van der Waals surface area contributed by atoms with Crippen LogP contribution in [0, 0.1) is 18.6 Å². The second-order valence-corrected chi connectivity index (χ2v) is 10.2. The van der Waals surface area contributed by atoms with Gasteiger partial charge in [0, 0.05) is 16.5 Å². The lowest BCUT2D eigenvalue weighted by molar-refractivity contribution is 0.0996. The number of hydrogen-bond donors (Lipinski definition) is 3. The number of para-hydroxylation sites is 1. The fraction of sp³-hybridized carbons (Fsp3) is 0.167. The van der Waals surface area contributed by atoms with E-state index in [0.717, 1.165) is 11.3 Å². The van der Waals surface area contributed by atoms with Gasteiger partial charge in [-0.15, -0.1) is 0 Å². The summed E-state index contributed by atoms with van der Waals surface area (Å²) in [6.07, 6.45) is 1.39. The van der Waals surface area contributed by atoms with Crippen LogP contribution in [-0.2, 0) is 16.3 Å². The van der Waals surface area contributed by atoms with E-state index in [1.54, 1.807) is 48.0 Å². The van der Waals surface area contributed by atoms with Crippen molar-refractivity contribution in [2.75, 3.05) is 11.6 Å². The number of nitrogens with one attached hydrogen (secondary N) is 2. The van der Waals surface area contributed by atoms with Crippen molar-refractivity contribution < 1.29 is 13.8 Å². The van der Waals surface area contributed by atoms with Crippen LogP contribution in [0.15, 0.2) is 59.5 Å². The number of primary amides is 1. The van der Waals surface area contributed by atoms with Crippen molar-refractivity contribution in [2.24, 2.45) is 5.73 Å². The molecule has 9 nitrogen and oxygen atoms in total. The van der Waals surface area contributed by atoms with E-state index in [4.69, 9.17) is 10.5 Å². The number of benzene rings is 2. The first kappa shape index (κ1) is 23.1. The van der Waals surface area contributed by atoms with Gasteiger partial charge in [-0.2, -0.15) is 5.10 Å². The molecule has 0 unspecified atom stereocenters. The van der Waals surface area contributed by atoms with Gasteiger partial charge < -0.3 is 11.1 Å². The number of aryl methyl sites for hydroxylation is 1. The van der Waals surface area contributed by atoms with Crippen LogP contribution in [-0.4, -0.2) is 37.0 Å². The van der Waals surface area contributed by atoms with Gasteiger partial charge >= 0.3 is 0 Å². The highest BCUT2D eigenvalue weighted by Crippen LogP contribution is 2.24. The van der Waals surface area contributed by atoms with Crippen molar-refractivity contribution in [1.82, 2.24) is 14.8 Å². The lowest BCUT2D eigenvalue weighted by atomic mass is 10.1. The smallest absolute Gasteiger partial charge is 0.267 e. The average molecular weight is 477 g/mol. The molecule has 2 aromatic heterocycles. The molecule has 2 aromatic carbocycles. The average Bonchev–Trinajstić information content (AvgIpc) is 3.05. The van der Waals surface area contributed by atoms with Crippen molar-refractivity contribution in [3.05, 3.63) is 82.8 Å². The van der Waals surface area contributed by atoms with Crippen molar-refractivity contribution in [2.45, 2.75) is 25.3 Å². The predicted octanol–water partition coefficient (Wildman–Crippen LogP) is 3.48. The van der Waals surface area contributed by atoms with E-state index in [0.29, 0.717) is 39.3 Å². The van der Waals surface area contributed by atoms with Crippen molar-refractivity contribution in [3.63, 3.8) is 0 Å². The number of fused-ring (bicyclic) bond motifs is 1. The Labute approximate surface area is 197 Å². The van der Waals surface area contributed by atoms with Gasteiger partial charge in [-0.05, 0) is 43.7 Å². The molecule has 174 valence electrons. The van der Waals surface area contributed by atoms with E-state index < -0.39 is 21.5 Å². The van der Waals surface area contributed by atoms with E-state index in [-0.39, 0.29) is 5.69 Å². The zero-order chi connectivity index (χ0) is 24.6. The number of nitrogens with zero attached hydrogens (tertiary/aromatic N) is 3. The highest BCUT2D eigenvalue weighted by atomic mass is 32.2. The van der Waals surface area contributed by atoms with Crippen LogP contribution >= 0.6 is 0 Å². The quantitative estimate of drug-likeness (QED) is 0.390. The molecule has 0 saturated heterocycles. The van der Waals surface area contributed by atoms with E-state index >= 15 is 0 Å². The standard InChI is InChI=1S/C24H24N6O3S/c1-14-22(15(2)30(29-14)13-16-8-10-17(11-9-16)34(3,26)33)28-24(32)19-12-21(23(25)31)27-20-7-5-4-6-18(19)20/h4-12,26H,13H2,1-3H3,(H2,25,31)(H,28,32)/t34-/m0/s1. The van der Waals surface area contributed by atoms with Crippen LogP contribution in [0.4, 0.5) is 5.69 Å². The Morgan fingerprint density at radius 3 is 2.44 bits per heavy atom. The van der Waals surface area contributed by atoms with E-state index in [1.165, 1.54) is 12.3 Å². The maximum absolute atomic E-state index is 13.2. The Kier molecular flexibility index (Phi) is 5.92. The molecular formula is C24H24N6O3S. The summed E-state index contributed by atoms with van der Waals surface area (Å²) in [5, 5.41) is 8.08. The Morgan fingerprint density at radius 1 is 1.12 bits per heavy atom. The molecule has 0 aliphatic heterocycles. The van der Waals surface area contributed by atoms with E-state index in [1.807, 2.05) is 19.1 Å². The Bertz CT molecular complexity index is 1540. The molecule has 0 spiro atoms. The van der Waals surface area contributed by atoms with Crippen LogP contribution < -0.4 is 11.1 Å². The number of rotatable bonds is 6. The topological polar surface area (TPSA) is 144 Å². The summed E-state index contributed by atoms with van der Waals surface area (Å²) in [7, 11) is -2.77. The van der Waals surface area contributed by atoms with Gasteiger partial charge in [0.05, 0.1) is 44.4 Å². The third kappa shape index (κ3) is 4.53. The van der Waals surface area contributed by atoms with Crippen molar-refractivity contribution >= 4 is 38.1 Å². The first-order chi connectivity index (χ1) is 16.0. The van der Waals surface area contributed by atoms with Gasteiger partial charge in [-0.3, -0.25) is 14.3 Å². The maximum atomic E-state index is 13.2. The maximum Gasteiger partial charge on any atom is 0.267 e. The fourth-order valence-electron chi connectivity index (χ4n) is 3.73. The Balaban J connectivity index is 1.64. The minimum atomic E-state index is -2.77. The van der Waals surface area contributed by atoms with Gasteiger partial charge in [-0.25, -0.2) is 14.0 Å². The fourth-order valence-corrected chi connectivity index (χ4v) is 4.39. The van der Waals surface area contributed by atoms with Gasteiger partial charge in [0.15, 0.2) is 0 Å². The van der Waals surface area contributed by atoms with Crippen molar-refractivity contribution in [1.29, 1.82) is 4.78 Å². The van der Waals surface area contributed by atoms with Crippen LogP contribution in [0.3, 0.4) is 0 Å². The second kappa shape index (κ2) is 8.71. The van der Waals surface area contributed by atoms with Gasteiger partial charge in [-0.1, -0.05) is 30.3 Å². The molecule has 0 radical (unpaired) electrons. The van der Waals surface area contributed by atoms with E-state index in [2.05, 4.69) is 15.4 Å². The second-order valence-electron chi connectivity index (χ2n) is 8.08. The van der Waals surface area contributed by atoms with Gasteiger partial charge in [0.1, 0.15) is 5.69 Å². The Morgan fingerprint density at radius 2 is 1.79 bits per heavy atom. The Hall–Kier alpha value is -4.05. The summed E-state index contributed by atoms with van der Waals surface area (Å²) in [6, 6.07) is 15.4. The SMILES string of the molecule is Cc1nn(Cc2ccc([S@@](C)(=N)=O)cc2)c(C)c1NC(=O)c1cc(C(N)=O)nc2ccccc12. The molecule has 34 heavy (non-hydrogen) atoms. The molecule has 10 heteroatoms. The highest BCUT2D eigenvalue weighted by Gasteiger charge is 2.19. The van der Waals surface area contributed by atoms with Crippen LogP contribution in [0.2, 0.25) is 0 Å². The predicted molar refractivity (Wildman–Crippen MR) is 131 cm³/mol. The first-order valence-corrected chi connectivity index (χ1v) is 12.4. The largest absolute Gasteiger partial charge is 0.364 e. The molecule has 0 aliphatic rings.